The average molecular weight is 533 g/mol. The summed E-state index contributed by atoms with van der Waals surface area (Å²) in [5.41, 5.74) is 3.11. The summed E-state index contributed by atoms with van der Waals surface area (Å²) >= 11 is 1.22. The number of aliphatic imine (C=N–C) groups is 1. The second kappa shape index (κ2) is 11.1. The molecule has 0 bridgehead atoms. The molecule has 2 aliphatic rings. The first kappa shape index (κ1) is 25.5. The van der Waals surface area contributed by atoms with Gasteiger partial charge in [0.1, 0.15) is 22.6 Å². The van der Waals surface area contributed by atoms with Gasteiger partial charge < -0.3 is 14.8 Å². The molecule has 10 heteroatoms. The predicted octanol–water partition coefficient (Wildman–Crippen LogP) is 5.02. The van der Waals surface area contributed by atoms with E-state index in [-0.39, 0.29) is 30.1 Å². The number of anilines is 1. The topological polar surface area (TPSA) is 92.6 Å². The third-order valence-corrected chi connectivity index (χ3v) is 7.40. The quantitative estimate of drug-likeness (QED) is 0.459. The van der Waals surface area contributed by atoms with Gasteiger partial charge in [0.25, 0.3) is 5.91 Å². The maximum atomic E-state index is 13.5. The summed E-state index contributed by atoms with van der Waals surface area (Å²) in [5.74, 6) is 0.409. The molecule has 5 rings (SSSR count). The number of nitrogens with zero attached hydrogens (tertiary/aromatic N) is 3. The Bertz CT molecular complexity index is 1390. The lowest BCUT2D eigenvalue weighted by Crippen LogP contribution is -2.25. The van der Waals surface area contributed by atoms with Crippen LogP contribution in [0.5, 0.6) is 11.5 Å². The van der Waals surface area contributed by atoms with Gasteiger partial charge in [-0.15, -0.1) is 0 Å². The van der Waals surface area contributed by atoms with Crippen molar-refractivity contribution in [2.75, 3.05) is 19.5 Å². The molecule has 194 valence electrons. The van der Waals surface area contributed by atoms with Gasteiger partial charge in [-0.2, -0.15) is 10.1 Å². The Morgan fingerprint density at radius 1 is 1.00 bits per heavy atom. The molecule has 3 aromatic rings. The van der Waals surface area contributed by atoms with Crippen molar-refractivity contribution in [1.29, 1.82) is 0 Å². The van der Waals surface area contributed by atoms with Crippen LogP contribution in [0.2, 0.25) is 0 Å². The van der Waals surface area contributed by atoms with E-state index in [4.69, 9.17) is 14.6 Å². The normalized spacial score (nSPS) is 18.7. The molecule has 38 heavy (non-hydrogen) atoms. The Kier molecular flexibility index (Phi) is 7.41. The Morgan fingerprint density at radius 2 is 1.63 bits per heavy atom. The molecule has 0 saturated heterocycles. The number of halogens is 1. The van der Waals surface area contributed by atoms with E-state index in [0.29, 0.717) is 23.0 Å². The number of hydrogen-bond acceptors (Lipinski definition) is 7. The van der Waals surface area contributed by atoms with Crippen LogP contribution in [0.3, 0.4) is 0 Å². The minimum Gasteiger partial charge on any atom is -0.497 e. The number of methoxy groups -OCH3 is 2. The second-order valence-corrected chi connectivity index (χ2v) is 9.88. The largest absolute Gasteiger partial charge is 0.497 e. The van der Waals surface area contributed by atoms with E-state index in [9.17, 15) is 14.0 Å². The fourth-order valence-corrected chi connectivity index (χ4v) is 5.31. The molecule has 0 aromatic heterocycles. The number of amidine groups is 1. The first-order chi connectivity index (χ1) is 18.4. The fraction of sp³-hybridized carbons (Fsp3) is 0.214. The summed E-state index contributed by atoms with van der Waals surface area (Å²) < 4.78 is 23.9. The average Bonchev–Trinajstić information content (AvgIpc) is 3.53. The number of hydrogen-bond donors (Lipinski definition) is 1. The molecule has 2 atom stereocenters. The molecule has 0 aliphatic carbocycles. The van der Waals surface area contributed by atoms with Gasteiger partial charge in [-0.3, -0.25) is 9.59 Å². The predicted molar refractivity (Wildman–Crippen MR) is 145 cm³/mol. The van der Waals surface area contributed by atoms with Crippen molar-refractivity contribution in [1.82, 2.24) is 5.01 Å². The minimum atomic E-state index is -0.662. The summed E-state index contributed by atoms with van der Waals surface area (Å²) in [6.45, 7) is 0. The zero-order valence-electron chi connectivity index (χ0n) is 20.8. The van der Waals surface area contributed by atoms with Crippen LogP contribution in [0.25, 0.3) is 0 Å². The summed E-state index contributed by atoms with van der Waals surface area (Å²) in [4.78, 5) is 29.7. The molecule has 2 amide bonds. The highest BCUT2D eigenvalue weighted by Crippen LogP contribution is 2.39. The Labute approximate surface area is 223 Å². The Hall–Kier alpha value is -4.18. The summed E-state index contributed by atoms with van der Waals surface area (Å²) in [6, 6.07) is 20.5. The molecule has 3 aromatic carbocycles. The fourth-order valence-electron chi connectivity index (χ4n) is 4.25. The van der Waals surface area contributed by atoms with Crippen LogP contribution < -0.4 is 14.8 Å². The van der Waals surface area contributed by atoms with Gasteiger partial charge in [0.05, 0.1) is 26.0 Å². The standard InChI is InChI=1S/C28H25FN4O4S/c1-36-21-11-5-18(6-12-21)24-15-23(17-3-7-19(29)8-4-17)32-33(24)28-31-27(35)25(38-28)16-26(34)30-20-9-13-22(37-2)14-10-20/h3-14,24-25H,15-16H2,1-2H3,(H,30,34). The third kappa shape index (κ3) is 5.55. The van der Waals surface area contributed by atoms with Gasteiger partial charge in [-0.1, -0.05) is 36.0 Å². The van der Waals surface area contributed by atoms with Crippen molar-refractivity contribution >= 4 is 40.1 Å². The summed E-state index contributed by atoms with van der Waals surface area (Å²) in [7, 11) is 3.17. The lowest BCUT2D eigenvalue weighted by atomic mass is 9.98. The molecule has 0 fully saturated rings. The van der Waals surface area contributed by atoms with Gasteiger partial charge in [0.2, 0.25) is 5.91 Å². The van der Waals surface area contributed by atoms with Crippen LogP contribution in [0, 0.1) is 5.82 Å². The van der Waals surface area contributed by atoms with Gasteiger partial charge in [-0.05, 0) is 59.7 Å². The van der Waals surface area contributed by atoms with Crippen LogP contribution >= 0.6 is 11.8 Å². The van der Waals surface area contributed by atoms with Crippen LogP contribution in [0.4, 0.5) is 10.1 Å². The number of rotatable bonds is 7. The van der Waals surface area contributed by atoms with Crippen LogP contribution in [-0.2, 0) is 9.59 Å². The van der Waals surface area contributed by atoms with E-state index in [1.54, 1.807) is 55.6 Å². The molecule has 1 N–H and O–H groups in total. The van der Waals surface area contributed by atoms with Gasteiger partial charge in [-0.25, -0.2) is 9.40 Å². The number of carbonyl (C=O) groups excluding carboxylic acids is 2. The molecule has 8 nitrogen and oxygen atoms in total. The highest BCUT2D eigenvalue weighted by molar-refractivity contribution is 8.15. The number of hydrazone groups is 1. The van der Waals surface area contributed by atoms with Crippen molar-refractivity contribution < 1.29 is 23.5 Å². The van der Waals surface area contributed by atoms with Crippen molar-refractivity contribution in [3.63, 3.8) is 0 Å². The SMILES string of the molecule is COc1ccc(NC(=O)CC2SC(N3N=C(c4ccc(F)cc4)CC3c3ccc(OC)cc3)=NC2=O)cc1. The highest BCUT2D eigenvalue weighted by atomic mass is 32.2. The number of nitrogens with one attached hydrogen (secondary N) is 1. The molecule has 0 radical (unpaired) electrons. The molecular formula is C28H25FN4O4S. The van der Waals surface area contributed by atoms with Crippen LogP contribution in [0.15, 0.2) is 82.9 Å². The third-order valence-electron chi connectivity index (χ3n) is 6.26. The Morgan fingerprint density at radius 3 is 2.26 bits per heavy atom. The number of amides is 2. The van der Waals surface area contributed by atoms with Gasteiger partial charge in [0.15, 0.2) is 5.17 Å². The number of carbonyl (C=O) groups is 2. The smallest absolute Gasteiger partial charge is 0.262 e. The van der Waals surface area contributed by atoms with Crippen molar-refractivity contribution in [3.05, 3.63) is 89.7 Å². The van der Waals surface area contributed by atoms with Crippen LogP contribution in [-0.4, -0.2) is 47.2 Å². The zero-order chi connectivity index (χ0) is 26.6. The summed E-state index contributed by atoms with van der Waals surface area (Å²) in [5, 5.41) is 9.08. The number of ether oxygens (including phenoxy) is 2. The zero-order valence-corrected chi connectivity index (χ0v) is 21.6. The maximum Gasteiger partial charge on any atom is 0.262 e. The molecule has 0 spiro atoms. The van der Waals surface area contributed by atoms with E-state index in [1.807, 2.05) is 24.3 Å². The van der Waals surface area contributed by atoms with E-state index in [1.165, 1.54) is 23.9 Å². The first-order valence-corrected chi connectivity index (χ1v) is 12.8. The molecular weight excluding hydrogens is 507 g/mol. The molecule has 2 unspecified atom stereocenters. The molecule has 2 aliphatic heterocycles. The first-order valence-electron chi connectivity index (χ1n) is 11.9. The number of thioether (sulfide) groups is 1. The molecule has 2 heterocycles. The highest BCUT2D eigenvalue weighted by Gasteiger charge is 2.39. The van der Waals surface area contributed by atoms with Crippen molar-refractivity contribution in [3.8, 4) is 11.5 Å². The minimum absolute atomic E-state index is 0.0297. The monoisotopic (exact) mass is 532 g/mol. The second-order valence-electron chi connectivity index (χ2n) is 8.71. The maximum absolute atomic E-state index is 13.5. The van der Waals surface area contributed by atoms with Gasteiger partial charge in [0, 0.05) is 18.5 Å². The molecule has 0 saturated carbocycles. The van der Waals surface area contributed by atoms with E-state index >= 15 is 0 Å². The van der Waals surface area contributed by atoms with E-state index < -0.39 is 5.25 Å². The number of benzene rings is 3. The lowest BCUT2D eigenvalue weighted by molar-refractivity contribution is -0.121. The van der Waals surface area contributed by atoms with Crippen molar-refractivity contribution in [2.24, 2.45) is 10.1 Å². The van der Waals surface area contributed by atoms with Crippen molar-refractivity contribution in [2.45, 2.75) is 24.1 Å². The van der Waals surface area contributed by atoms with E-state index in [0.717, 1.165) is 22.6 Å². The summed E-state index contributed by atoms with van der Waals surface area (Å²) in [6.07, 6.45) is 0.506. The van der Waals surface area contributed by atoms with Crippen LogP contribution in [0.1, 0.15) is 30.0 Å². The van der Waals surface area contributed by atoms with Gasteiger partial charge >= 0.3 is 0 Å². The lowest BCUT2D eigenvalue weighted by Gasteiger charge is -2.23. The Balaban J connectivity index is 1.33. The van der Waals surface area contributed by atoms with E-state index in [2.05, 4.69) is 10.3 Å².